The van der Waals surface area contributed by atoms with E-state index in [9.17, 15) is 0 Å². The Hall–Kier alpha value is -0.120. The lowest BCUT2D eigenvalue weighted by atomic mass is 9.63. The number of rotatable bonds is 14. The predicted octanol–water partition coefficient (Wildman–Crippen LogP) is 7.53. The molecule has 0 spiro atoms. The van der Waals surface area contributed by atoms with Gasteiger partial charge in [0.05, 0.1) is 0 Å². The smallest absolute Gasteiger partial charge is 0.0421 e. The Morgan fingerprint density at radius 2 is 1.30 bits per heavy atom. The molecule has 1 saturated heterocycles. The standard InChI is InChI=1S/C30H63N3/c1-21(2)16-24(31)25(7,8)19-27(11,12)32-28(13,14)20-29(15)30(33-29,18-23(5)6)26(9,10)17-22(3)4/h21-24,32-33H,16-20,31H2,1-15H3. The van der Waals surface area contributed by atoms with Crippen molar-refractivity contribution in [3.8, 4) is 0 Å². The van der Waals surface area contributed by atoms with E-state index < -0.39 is 0 Å². The lowest BCUT2D eigenvalue weighted by molar-refractivity contribution is 0.126. The minimum absolute atomic E-state index is 0.0149. The van der Waals surface area contributed by atoms with E-state index in [1.165, 1.54) is 12.8 Å². The van der Waals surface area contributed by atoms with Crippen LogP contribution in [0.1, 0.15) is 136 Å². The molecule has 0 aliphatic carbocycles. The molecule has 3 nitrogen and oxygen atoms in total. The highest BCUT2D eigenvalue weighted by Crippen LogP contribution is 2.59. The van der Waals surface area contributed by atoms with Gasteiger partial charge >= 0.3 is 0 Å². The fourth-order valence-electron chi connectivity index (χ4n) is 7.90. The molecule has 1 aliphatic rings. The zero-order chi connectivity index (χ0) is 26.3. The summed E-state index contributed by atoms with van der Waals surface area (Å²) in [6.07, 6.45) is 5.76. The van der Waals surface area contributed by atoms with E-state index in [4.69, 9.17) is 5.73 Å². The first-order chi connectivity index (χ1) is 14.5. The quantitative estimate of drug-likeness (QED) is 0.232. The lowest BCUT2D eigenvalue weighted by Gasteiger charge is -2.46. The van der Waals surface area contributed by atoms with Crippen LogP contribution >= 0.6 is 0 Å². The summed E-state index contributed by atoms with van der Waals surface area (Å²) >= 11 is 0. The van der Waals surface area contributed by atoms with Gasteiger partial charge in [-0.05, 0) is 95.3 Å². The normalized spacial score (nSPS) is 25.9. The number of nitrogens with two attached hydrogens (primary N) is 1. The van der Waals surface area contributed by atoms with Crippen molar-refractivity contribution in [1.82, 2.24) is 10.6 Å². The average molecular weight is 466 g/mol. The summed E-state index contributed by atoms with van der Waals surface area (Å²) in [6, 6.07) is 0.222. The summed E-state index contributed by atoms with van der Waals surface area (Å²) in [7, 11) is 0. The minimum atomic E-state index is 0.0149. The molecule has 0 radical (unpaired) electrons. The van der Waals surface area contributed by atoms with Gasteiger partial charge in [-0.1, -0.05) is 69.2 Å². The van der Waals surface area contributed by atoms with Crippen LogP contribution < -0.4 is 16.4 Å². The topological polar surface area (TPSA) is 60.0 Å². The molecule has 0 bridgehead atoms. The molecule has 198 valence electrons. The maximum Gasteiger partial charge on any atom is 0.0421 e. The van der Waals surface area contributed by atoms with Crippen LogP contribution in [0.4, 0.5) is 0 Å². The van der Waals surface area contributed by atoms with Gasteiger partial charge in [0.25, 0.3) is 0 Å². The van der Waals surface area contributed by atoms with Crippen LogP contribution in [0.5, 0.6) is 0 Å². The Labute approximate surface area is 209 Å². The Balaban J connectivity index is 3.03. The van der Waals surface area contributed by atoms with Gasteiger partial charge in [-0.15, -0.1) is 0 Å². The molecule has 1 heterocycles. The largest absolute Gasteiger partial charge is 0.327 e. The maximum absolute atomic E-state index is 6.67. The number of hydrogen-bond acceptors (Lipinski definition) is 3. The van der Waals surface area contributed by atoms with Gasteiger partial charge in [-0.2, -0.15) is 0 Å². The average Bonchev–Trinajstić information content (AvgIpc) is 3.05. The first-order valence-corrected chi connectivity index (χ1v) is 13.8. The Kier molecular flexibility index (Phi) is 9.45. The highest BCUT2D eigenvalue weighted by atomic mass is 15.3. The van der Waals surface area contributed by atoms with E-state index >= 15 is 0 Å². The predicted molar refractivity (Wildman–Crippen MR) is 149 cm³/mol. The van der Waals surface area contributed by atoms with E-state index in [0.29, 0.717) is 17.8 Å². The van der Waals surface area contributed by atoms with Crippen molar-refractivity contribution in [2.45, 2.75) is 164 Å². The van der Waals surface area contributed by atoms with Gasteiger partial charge in [0.15, 0.2) is 0 Å². The monoisotopic (exact) mass is 466 g/mol. The van der Waals surface area contributed by atoms with E-state index in [1.54, 1.807) is 0 Å². The first kappa shape index (κ1) is 30.9. The molecule has 3 heteroatoms. The van der Waals surface area contributed by atoms with Crippen molar-refractivity contribution in [3.63, 3.8) is 0 Å². The molecule has 0 amide bonds. The minimum Gasteiger partial charge on any atom is -0.327 e. The van der Waals surface area contributed by atoms with E-state index in [0.717, 1.165) is 19.3 Å². The van der Waals surface area contributed by atoms with Gasteiger partial charge in [0, 0.05) is 28.2 Å². The van der Waals surface area contributed by atoms with Crippen molar-refractivity contribution in [2.75, 3.05) is 0 Å². The second-order valence-corrected chi connectivity index (χ2v) is 15.9. The Bertz CT molecular complexity index is 628. The molecule has 1 aliphatic heterocycles. The molecule has 0 saturated carbocycles. The van der Waals surface area contributed by atoms with E-state index in [-0.39, 0.29) is 39.0 Å². The van der Waals surface area contributed by atoms with Crippen LogP contribution in [0.15, 0.2) is 0 Å². The summed E-state index contributed by atoms with van der Waals surface area (Å²) in [5.74, 6) is 2.02. The lowest BCUT2D eigenvalue weighted by Crippen LogP contribution is -2.57. The Morgan fingerprint density at radius 3 is 1.73 bits per heavy atom. The summed E-state index contributed by atoms with van der Waals surface area (Å²) in [4.78, 5) is 0. The summed E-state index contributed by atoms with van der Waals surface area (Å²) < 4.78 is 0. The van der Waals surface area contributed by atoms with Crippen LogP contribution in [0.25, 0.3) is 0 Å². The highest BCUT2D eigenvalue weighted by molar-refractivity contribution is 5.31. The molecule has 4 N–H and O–H groups in total. The molecule has 33 heavy (non-hydrogen) atoms. The summed E-state index contributed by atoms with van der Waals surface area (Å²) in [6.45, 7) is 35.7. The molecule has 1 rings (SSSR count). The Morgan fingerprint density at radius 1 is 0.788 bits per heavy atom. The van der Waals surface area contributed by atoms with Crippen LogP contribution in [0.2, 0.25) is 0 Å². The van der Waals surface area contributed by atoms with Crippen molar-refractivity contribution >= 4 is 0 Å². The zero-order valence-corrected chi connectivity index (χ0v) is 25.4. The third-order valence-electron chi connectivity index (χ3n) is 8.26. The summed E-state index contributed by atoms with van der Waals surface area (Å²) in [5, 5.41) is 8.19. The fraction of sp³-hybridized carbons (Fsp3) is 1.00. The highest BCUT2D eigenvalue weighted by Gasteiger charge is 2.70. The molecule has 0 aromatic rings. The molecule has 3 unspecified atom stereocenters. The fourth-order valence-corrected chi connectivity index (χ4v) is 7.90. The van der Waals surface area contributed by atoms with E-state index in [2.05, 4.69) is 114 Å². The third-order valence-corrected chi connectivity index (χ3v) is 8.26. The molecule has 3 atom stereocenters. The van der Waals surface area contributed by atoms with Crippen LogP contribution in [-0.4, -0.2) is 28.2 Å². The van der Waals surface area contributed by atoms with Crippen molar-refractivity contribution in [2.24, 2.45) is 34.3 Å². The van der Waals surface area contributed by atoms with Gasteiger partial charge in [0.2, 0.25) is 0 Å². The van der Waals surface area contributed by atoms with E-state index in [1.807, 2.05) is 0 Å². The SMILES string of the molecule is CC(C)CC(N)C(C)(C)CC(C)(C)NC(C)(C)CC1(C)NC1(CC(C)C)C(C)(C)CC(C)C. The van der Waals surface area contributed by atoms with Crippen LogP contribution in [0.3, 0.4) is 0 Å². The van der Waals surface area contributed by atoms with Gasteiger partial charge in [-0.3, -0.25) is 0 Å². The van der Waals surface area contributed by atoms with Crippen LogP contribution in [-0.2, 0) is 0 Å². The van der Waals surface area contributed by atoms with Gasteiger partial charge < -0.3 is 16.4 Å². The second-order valence-electron chi connectivity index (χ2n) is 15.9. The van der Waals surface area contributed by atoms with Crippen molar-refractivity contribution in [3.05, 3.63) is 0 Å². The van der Waals surface area contributed by atoms with Crippen molar-refractivity contribution < 1.29 is 0 Å². The molecular weight excluding hydrogens is 402 g/mol. The van der Waals surface area contributed by atoms with Gasteiger partial charge in [0.1, 0.15) is 0 Å². The number of hydrogen-bond donors (Lipinski definition) is 3. The molecule has 0 aromatic heterocycles. The molecule has 1 fully saturated rings. The third kappa shape index (κ3) is 7.94. The number of nitrogens with one attached hydrogen (secondary N) is 2. The first-order valence-electron chi connectivity index (χ1n) is 13.8. The summed E-state index contributed by atoms with van der Waals surface area (Å²) in [5.41, 5.74) is 7.40. The molecular formula is C30H63N3. The second kappa shape index (κ2) is 10.1. The maximum atomic E-state index is 6.67. The van der Waals surface area contributed by atoms with Crippen molar-refractivity contribution in [1.29, 1.82) is 0 Å². The van der Waals surface area contributed by atoms with Gasteiger partial charge in [-0.25, -0.2) is 0 Å². The zero-order valence-electron chi connectivity index (χ0n) is 25.4. The van der Waals surface area contributed by atoms with Crippen LogP contribution in [0, 0.1) is 28.6 Å². The molecule has 0 aromatic carbocycles.